The van der Waals surface area contributed by atoms with Gasteiger partial charge in [0.15, 0.2) is 0 Å². The second-order valence-electron chi connectivity index (χ2n) is 8.25. The fourth-order valence-electron chi connectivity index (χ4n) is 4.51. The van der Waals surface area contributed by atoms with Crippen LogP contribution in [0.25, 0.3) is 11.1 Å². The summed E-state index contributed by atoms with van der Waals surface area (Å²) in [6.45, 7) is 2.24. The zero-order chi connectivity index (χ0) is 20.9. The van der Waals surface area contributed by atoms with Crippen molar-refractivity contribution in [1.82, 2.24) is 0 Å². The minimum Gasteiger partial charge on any atom is -0.496 e. The summed E-state index contributed by atoms with van der Waals surface area (Å²) in [7, 11) is 1.60. The maximum atomic E-state index is 12.9. The van der Waals surface area contributed by atoms with Crippen LogP contribution in [0.3, 0.4) is 0 Å². The molecule has 0 atom stereocenters. The first-order valence-corrected chi connectivity index (χ1v) is 10.8. The number of unbranched alkanes of at least 4 members (excludes halogenated alkanes) is 2. The Bertz CT molecular complexity index is 772. The molecule has 0 spiro atoms. The average molecular weight is 405 g/mol. The number of hydrogen-bond acceptors (Lipinski definition) is 1. The van der Waals surface area contributed by atoms with Crippen LogP contribution >= 0.6 is 0 Å². The van der Waals surface area contributed by atoms with Crippen molar-refractivity contribution in [3.8, 4) is 16.9 Å². The number of hydrogen-bond donors (Lipinski definition) is 0. The second kappa shape index (κ2) is 9.69. The van der Waals surface area contributed by atoms with Crippen LogP contribution in [0.2, 0.25) is 0 Å². The SMILES string of the molecule is CCCCCC1CCC(c2ccc(OC)c(-c3ccc(C(F)(F)F)cc3)c2)CC1. The molecule has 0 bridgehead atoms. The predicted octanol–water partition coefficient (Wildman–Crippen LogP) is 8.24. The highest BCUT2D eigenvalue weighted by Crippen LogP contribution is 2.41. The first kappa shape index (κ1) is 21.7. The molecule has 0 N–H and O–H groups in total. The Morgan fingerprint density at radius 3 is 2.21 bits per heavy atom. The number of rotatable bonds is 7. The van der Waals surface area contributed by atoms with E-state index in [9.17, 15) is 13.2 Å². The number of benzene rings is 2. The summed E-state index contributed by atoms with van der Waals surface area (Å²) in [6.07, 6.45) is 5.90. The van der Waals surface area contributed by atoms with Gasteiger partial charge >= 0.3 is 6.18 Å². The number of ether oxygens (including phenoxy) is 1. The van der Waals surface area contributed by atoms with Crippen LogP contribution in [0.1, 0.15) is 75.3 Å². The number of alkyl halides is 3. The first-order chi connectivity index (χ1) is 13.9. The molecule has 1 saturated carbocycles. The molecule has 0 heterocycles. The third kappa shape index (κ3) is 5.55. The summed E-state index contributed by atoms with van der Waals surface area (Å²) in [5, 5.41) is 0. The lowest BCUT2D eigenvalue weighted by Gasteiger charge is -2.29. The van der Waals surface area contributed by atoms with Gasteiger partial charge in [0.1, 0.15) is 5.75 Å². The van der Waals surface area contributed by atoms with Crippen molar-refractivity contribution in [2.24, 2.45) is 5.92 Å². The molecule has 4 heteroatoms. The standard InChI is InChI=1S/C25H31F3O/c1-3-4-5-6-18-7-9-19(10-8-18)21-13-16-24(29-2)23(17-21)20-11-14-22(15-12-20)25(26,27)28/h11-19H,3-10H2,1-2H3. The van der Waals surface area contributed by atoms with Crippen molar-refractivity contribution in [3.63, 3.8) is 0 Å². The van der Waals surface area contributed by atoms with Crippen LogP contribution in [0.15, 0.2) is 42.5 Å². The van der Waals surface area contributed by atoms with Gasteiger partial charge in [-0.05, 0) is 72.9 Å². The van der Waals surface area contributed by atoms with Crippen LogP contribution in [0.5, 0.6) is 5.75 Å². The molecule has 0 radical (unpaired) electrons. The minimum absolute atomic E-state index is 0.525. The van der Waals surface area contributed by atoms with Gasteiger partial charge < -0.3 is 4.74 Å². The van der Waals surface area contributed by atoms with E-state index in [4.69, 9.17) is 4.74 Å². The lowest BCUT2D eigenvalue weighted by Crippen LogP contribution is -2.13. The van der Waals surface area contributed by atoms with Crippen molar-refractivity contribution >= 4 is 0 Å². The first-order valence-electron chi connectivity index (χ1n) is 10.8. The quantitative estimate of drug-likeness (QED) is 0.422. The van der Waals surface area contributed by atoms with Gasteiger partial charge in [-0.3, -0.25) is 0 Å². The molecule has 2 aromatic carbocycles. The highest BCUT2D eigenvalue weighted by Gasteiger charge is 2.30. The fraction of sp³-hybridized carbons (Fsp3) is 0.520. The Morgan fingerprint density at radius 2 is 1.62 bits per heavy atom. The Kier molecular flexibility index (Phi) is 7.26. The Morgan fingerprint density at radius 1 is 0.931 bits per heavy atom. The lowest BCUT2D eigenvalue weighted by molar-refractivity contribution is -0.137. The molecule has 1 fully saturated rings. The molecule has 0 saturated heterocycles. The van der Waals surface area contributed by atoms with Gasteiger partial charge in [0.05, 0.1) is 12.7 Å². The van der Waals surface area contributed by atoms with Crippen molar-refractivity contribution in [2.75, 3.05) is 7.11 Å². The average Bonchev–Trinajstić information content (AvgIpc) is 2.73. The normalized spacial score (nSPS) is 19.9. The van der Waals surface area contributed by atoms with E-state index in [0.29, 0.717) is 11.7 Å². The number of methoxy groups -OCH3 is 1. The summed E-state index contributed by atoms with van der Waals surface area (Å²) >= 11 is 0. The van der Waals surface area contributed by atoms with Crippen LogP contribution in [0, 0.1) is 5.92 Å². The van der Waals surface area contributed by atoms with Crippen molar-refractivity contribution in [1.29, 1.82) is 0 Å². The van der Waals surface area contributed by atoms with E-state index in [1.165, 1.54) is 69.1 Å². The summed E-state index contributed by atoms with van der Waals surface area (Å²) in [5.74, 6) is 2.07. The Hall–Kier alpha value is -1.97. The summed E-state index contributed by atoms with van der Waals surface area (Å²) < 4.78 is 44.1. The topological polar surface area (TPSA) is 9.23 Å². The van der Waals surface area contributed by atoms with E-state index in [0.717, 1.165) is 29.2 Å². The molecule has 1 nitrogen and oxygen atoms in total. The maximum Gasteiger partial charge on any atom is 0.416 e. The number of halogens is 3. The molecule has 0 aliphatic heterocycles. The van der Waals surface area contributed by atoms with Crippen LogP contribution < -0.4 is 4.74 Å². The van der Waals surface area contributed by atoms with E-state index in [-0.39, 0.29) is 0 Å². The lowest BCUT2D eigenvalue weighted by atomic mass is 9.76. The van der Waals surface area contributed by atoms with Crippen LogP contribution in [0.4, 0.5) is 13.2 Å². The molecular formula is C25H31F3O. The monoisotopic (exact) mass is 404 g/mol. The van der Waals surface area contributed by atoms with Gasteiger partial charge in [-0.15, -0.1) is 0 Å². The molecular weight excluding hydrogens is 373 g/mol. The second-order valence-corrected chi connectivity index (χ2v) is 8.25. The molecule has 158 valence electrons. The molecule has 1 aliphatic carbocycles. The predicted molar refractivity (Wildman–Crippen MR) is 112 cm³/mol. The molecule has 0 amide bonds. The Labute approximate surface area is 172 Å². The zero-order valence-corrected chi connectivity index (χ0v) is 17.4. The summed E-state index contributed by atoms with van der Waals surface area (Å²) in [5.41, 5.74) is 2.26. The maximum absolute atomic E-state index is 12.9. The molecule has 1 aliphatic rings. The molecule has 0 unspecified atom stereocenters. The van der Waals surface area contributed by atoms with Crippen molar-refractivity contribution in [3.05, 3.63) is 53.6 Å². The fourth-order valence-corrected chi connectivity index (χ4v) is 4.51. The van der Waals surface area contributed by atoms with Gasteiger partial charge in [-0.1, -0.05) is 50.8 Å². The third-order valence-electron chi connectivity index (χ3n) is 6.28. The van der Waals surface area contributed by atoms with Gasteiger partial charge in [0.25, 0.3) is 0 Å². The third-order valence-corrected chi connectivity index (χ3v) is 6.28. The van der Waals surface area contributed by atoms with Gasteiger partial charge in [-0.25, -0.2) is 0 Å². The smallest absolute Gasteiger partial charge is 0.416 e. The van der Waals surface area contributed by atoms with E-state index < -0.39 is 11.7 Å². The van der Waals surface area contributed by atoms with Crippen LogP contribution in [-0.2, 0) is 6.18 Å². The van der Waals surface area contributed by atoms with Crippen LogP contribution in [-0.4, -0.2) is 7.11 Å². The summed E-state index contributed by atoms with van der Waals surface area (Å²) in [4.78, 5) is 0. The molecule has 3 rings (SSSR count). The zero-order valence-electron chi connectivity index (χ0n) is 17.4. The summed E-state index contributed by atoms with van der Waals surface area (Å²) in [6, 6.07) is 11.5. The van der Waals surface area contributed by atoms with E-state index in [1.54, 1.807) is 7.11 Å². The van der Waals surface area contributed by atoms with Gasteiger partial charge in [0, 0.05) is 5.56 Å². The molecule has 29 heavy (non-hydrogen) atoms. The molecule has 2 aromatic rings. The van der Waals surface area contributed by atoms with E-state index in [1.807, 2.05) is 6.07 Å². The van der Waals surface area contributed by atoms with Crippen molar-refractivity contribution < 1.29 is 17.9 Å². The van der Waals surface area contributed by atoms with Crippen molar-refractivity contribution in [2.45, 2.75) is 70.4 Å². The van der Waals surface area contributed by atoms with E-state index in [2.05, 4.69) is 19.1 Å². The highest BCUT2D eigenvalue weighted by molar-refractivity contribution is 5.71. The minimum atomic E-state index is -4.32. The van der Waals surface area contributed by atoms with Gasteiger partial charge in [-0.2, -0.15) is 13.2 Å². The largest absolute Gasteiger partial charge is 0.496 e. The van der Waals surface area contributed by atoms with E-state index >= 15 is 0 Å². The highest BCUT2D eigenvalue weighted by atomic mass is 19.4. The molecule has 0 aromatic heterocycles. The van der Waals surface area contributed by atoms with Gasteiger partial charge in [0.2, 0.25) is 0 Å². The Balaban J connectivity index is 1.74.